The van der Waals surface area contributed by atoms with Gasteiger partial charge in [-0.2, -0.15) is 10.2 Å². The summed E-state index contributed by atoms with van der Waals surface area (Å²) in [5.41, 5.74) is 8.44. The molecule has 4 aromatic rings. The third kappa shape index (κ3) is 3.46. The predicted octanol–water partition coefficient (Wildman–Crippen LogP) is 2.89. The standard InChI is InChI=1S/C21H20N8O/c1-13(11-24-19-15(10-22)18(23)25-12-26-19)20-27-16-8-9-17(30-2)28-21(16)29(20)14-6-4-3-5-7-14/h3-9,12-13H,11H2,1-2H3,(H3,23,24,25,26)/t13-/m0/s1. The normalized spacial score (nSPS) is 11.8. The van der Waals surface area contributed by atoms with Crippen LogP contribution in [0.5, 0.6) is 5.88 Å². The van der Waals surface area contributed by atoms with Crippen LogP contribution >= 0.6 is 0 Å². The fourth-order valence-corrected chi connectivity index (χ4v) is 3.22. The van der Waals surface area contributed by atoms with E-state index in [0.29, 0.717) is 23.9 Å². The Morgan fingerprint density at radius 2 is 1.97 bits per heavy atom. The first kappa shape index (κ1) is 19.1. The van der Waals surface area contributed by atoms with Crippen LogP contribution in [-0.4, -0.2) is 38.2 Å². The zero-order valence-corrected chi connectivity index (χ0v) is 16.6. The minimum Gasteiger partial charge on any atom is -0.481 e. The van der Waals surface area contributed by atoms with Crippen molar-refractivity contribution < 1.29 is 4.74 Å². The van der Waals surface area contributed by atoms with Gasteiger partial charge in [-0.15, -0.1) is 0 Å². The number of aromatic nitrogens is 5. The van der Waals surface area contributed by atoms with E-state index in [1.165, 1.54) is 6.33 Å². The number of nitrogens with zero attached hydrogens (tertiary/aromatic N) is 6. The van der Waals surface area contributed by atoms with Crippen LogP contribution in [0, 0.1) is 11.3 Å². The first-order valence-electron chi connectivity index (χ1n) is 9.35. The van der Waals surface area contributed by atoms with Gasteiger partial charge in [-0.25, -0.2) is 15.0 Å². The number of rotatable bonds is 6. The van der Waals surface area contributed by atoms with E-state index in [-0.39, 0.29) is 17.3 Å². The fraction of sp³-hybridized carbons (Fsp3) is 0.190. The molecule has 0 aliphatic rings. The summed E-state index contributed by atoms with van der Waals surface area (Å²) in [4.78, 5) is 17.4. The molecule has 4 rings (SSSR count). The van der Waals surface area contributed by atoms with Gasteiger partial charge in [0.2, 0.25) is 5.88 Å². The summed E-state index contributed by atoms with van der Waals surface area (Å²) >= 11 is 0. The topological polar surface area (TPSA) is 128 Å². The van der Waals surface area contributed by atoms with E-state index >= 15 is 0 Å². The number of anilines is 2. The third-order valence-electron chi connectivity index (χ3n) is 4.73. The first-order valence-corrected chi connectivity index (χ1v) is 9.35. The lowest BCUT2D eigenvalue weighted by atomic mass is 10.1. The van der Waals surface area contributed by atoms with Crippen molar-refractivity contribution in [2.24, 2.45) is 0 Å². The van der Waals surface area contributed by atoms with Crippen LogP contribution in [0.4, 0.5) is 11.6 Å². The lowest BCUT2D eigenvalue weighted by Gasteiger charge is -2.16. The largest absolute Gasteiger partial charge is 0.481 e. The van der Waals surface area contributed by atoms with E-state index in [1.54, 1.807) is 13.2 Å². The molecule has 0 aliphatic heterocycles. The summed E-state index contributed by atoms with van der Waals surface area (Å²) in [5, 5.41) is 12.5. The second-order valence-electron chi connectivity index (χ2n) is 6.71. The maximum Gasteiger partial charge on any atom is 0.215 e. The average molecular weight is 400 g/mol. The van der Waals surface area contributed by atoms with Crippen molar-refractivity contribution in [3.05, 3.63) is 60.2 Å². The van der Waals surface area contributed by atoms with E-state index in [1.807, 2.05) is 54.0 Å². The molecule has 0 bridgehead atoms. The van der Waals surface area contributed by atoms with Crippen LogP contribution in [0.3, 0.4) is 0 Å². The van der Waals surface area contributed by atoms with E-state index in [2.05, 4.69) is 20.3 Å². The number of pyridine rings is 1. The number of imidazole rings is 1. The Bertz CT molecular complexity index is 1230. The molecule has 0 unspecified atom stereocenters. The Hall–Kier alpha value is -4.19. The van der Waals surface area contributed by atoms with Gasteiger partial charge in [0.25, 0.3) is 0 Å². The highest BCUT2D eigenvalue weighted by molar-refractivity contribution is 5.75. The smallest absolute Gasteiger partial charge is 0.215 e. The molecule has 0 saturated heterocycles. The Kier molecular flexibility index (Phi) is 5.13. The van der Waals surface area contributed by atoms with Gasteiger partial charge in [0.05, 0.1) is 7.11 Å². The molecule has 1 aromatic carbocycles. The Morgan fingerprint density at radius 3 is 2.70 bits per heavy atom. The lowest BCUT2D eigenvalue weighted by Crippen LogP contribution is -2.16. The number of hydrogen-bond acceptors (Lipinski definition) is 8. The molecule has 9 nitrogen and oxygen atoms in total. The van der Waals surface area contributed by atoms with Crippen molar-refractivity contribution in [3.63, 3.8) is 0 Å². The second kappa shape index (κ2) is 8.05. The van der Waals surface area contributed by atoms with Gasteiger partial charge in [-0.05, 0) is 18.2 Å². The quantitative estimate of drug-likeness (QED) is 0.506. The first-order chi connectivity index (χ1) is 14.6. The molecule has 3 aromatic heterocycles. The lowest BCUT2D eigenvalue weighted by molar-refractivity contribution is 0.399. The third-order valence-corrected chi connectivity index (χ3v) is 4.73. The molecule has 0 spiro atoms. The van der Waals surface area contributed by atoms with Gasteiger partial charge in [-0.3, -0.25) is 4.57 Å². The van der Waals surface area contributed by atoms with Crippen LogP contribution in [0.1, 0.15) is 24.2 Å². The molecule has 0 fully saturated rings. The van der Waals surface area contributed by atoms with Crippen molar-refractivity contribution in [2.45, 2.75) is 12.8 Å². The van der Waals surface area contributed by atoms with Gasteiger partial charge in [0.15, 0.2) is 5.65 Å². The molecule has 3 N–H and O–H groups in total. The van der Waals surface area contributed by atoms with Crippen LogP contribution in [-0.2, 0) is 0 Å². The summed E-state index contributed by atoms with van der Waals surface area (Å²) in [5.74, 6) is 1.86. The average Bonchev–Trinajstić information content (AvgIpc) is 3.16. The molecule has 30 heavy (non-hydrogen) atoms. The summed E-state index contributed by atoms with van der Waals surface area (Å²) in [6.07, 6.45) is 1.33. The summed E-state index contributed by atoms with van der Waals surface area (Å²) in [6.45, 7) is 2.53. The number of hydrogen-bond donors (Lipinski definition) is 2. The van der Waals surface area contributed by atoms with Crippen LogP contribution < -0.4 is 15.8 Å². The van der Waals surface area contributed by atoms with E-state index in [4.69, 9.17) is 15.5 Å². The second-order valence-corrected chi connectivity index (χ2v) is 6.71. The number of nitriles is 1. The molecule has 9 heteroatoms. The highest BCUT2D eigenvalue weighted by atomic mass is 16.5. The summed E-state index contributed by atoms with van der Waals surface area (Å²) in [6, 6.07) is 15.6. The fourth-order valence-electron chi connectivity index (χ4n) is 3.22. The molecule has 1 atom stereocenters. The van der Waals surface area contributed by atoms with Gasteiger partial charge in [-0.1, -0.05) is 25.1 Å². The Balaban J connectivity index is 1.73. The number of ether oxygens (including phenoxy) is 1. The van der Waals surface area contributed by atoms with Crippen LogP contribution in [0.2, 0.25) is 0 Å². The monoisotopic (exact) mass is 400 g/mol. The van der Waals surface area contributed by atoms with Crippen LogP contribution in [0.25, 0.3) is 16.9 Å². The molecule has 0 aliphatic carbocycles. The van der Waals surface area contributed by atoms with Crippen molar-refractivity contribution >= 4 is 22.8 Å². The number of methoxy groups -OCH3 is 1. The maximum atomic E-state index is 9.33. The Labute approximate surface area is 173 Å². The maximum absolute atomic E-state index is 9.33. The SMILES string of the molecule is COc1ccc2nc([C@@H](C)CNc3ncnc(N)c3C#N)n(-c3ccccc3)c2n1. The van der Waals surface area contributed by atoms with Crippen molar-refractivity contribution in [2.75, 3.05) is 24.7 Å². The summed E-state index contributed by atoms with van der Waals surface area (Å²) < 4.78 is 7.32. The zero-order chi connectivity index (χ0) is 21.1. The van der Waals surface area contributed by atoms with Crippen molar-refractivity contribution in [1.82, 2.24) is 24.5 Å². The Morgan fingerprint density at radius 1 is 1.17 bits per heavy atom. The van der Waals surface area contributed by atoms with Gasteiger partial charge in [0.1, 0.15) is 40.9 Å². The van der Waals surface area contributed by atoms with Gasteiger partial charge in [0, 0.05) is 24.2 Å². The number of nitrogens with one attached hydrogen (secondary N) is 1. The van der Waals surface area contributed by atoms with E-state index in [9.17, 15) is 5.26 Å². The minimum atomic E-state index is -0.0341. The van der Waals surface area contributed by atoms with Crippen LogP contribution in [0.15, 0.2) is 48.8 Å². The molecule has 0 saturated carbocycles. The minimum absolute atomic E-state index is 0.0341. The summed E-state index contributed by atoms with van der Waals surface area (Å²) in [7, 11) is 1.59. The molecule has 150 valence electrons. The molecular formula is C21H20N8O. The number of benzene rings is 1. The molecule has 0 amide bonds. The highest BCUT2D eigenvalue weighted by Gasteiger charge is 2.20. The van der Waals surface area contributed by atoms with Crippen molar-refractivity contribution in [1.29, 1.82) is 5.26 Å². The highest BCUT2D eigenvalue weighted by Crippen LogP contribution is 2.27. The van der Waals surface area contributed by atoms with Gasteiger partial charge >= 0.3 is 0 Å². The predicted molar refractivity (Wildman–Crippen MR) is 113 cm³/mol. The molecule has 3 heterocycles. The molecular weight excluding hydrogens is 380 g/mol. The number of nitrogens with two attached hydrogens (primary N) is 1. The zero-order valence-electron chi connectivity index (χ0n) is 16.6. The number of nitrogen functional groups attached to an aromatic ring is 1. The van der Waals surface area contributed by atoms with Gasteiger partial charge < -0.3 is 15.8 Å². The molecule has 0 radical (unpaired) electrons. The van der Waals surface area contributed by atoms with E-state index in [0.717, 1.165) is 17.0 Å². The van der Waals surface area contributed by atoms with E-state index < -0.39 is 0 Å². The number of para-hydroxylation sites is 1. The number of fused-ring (bicyclic) bond motifs is 1. The van der Waals surface area contributed by atoms with Crippen molar-refractivity contribution in [3.8, 4) is 17.6 Å².